The van der Waals surface area contributed by atoms with Gasteiger partial charge in [0.25, 0.3) is 0 Å². The van der Waals surface area contributed by atoms with Gasteiger partial charge in [0.1, 0.15) is 5.82 Å². The van der Waals surface area contributed by atoms with Crippen molar-refractivity contribution in [3.8, 4) is 0 Å². The molecule has 0 aliphatic rings. The highest BCUT2D eigenvalue weighted by atomic mass is 79.9. The molecule has 1 aromatic carbocycles. The smallest absolute Gasteiger partial charge is 0.124 e. The predicted octanol–water partition coefficient (Wildman–Crippen LogP) is 3.79. The SMILES string of the molecule is CNC(Cc1c(Cl)c(C)nn1C)c1ccc(F)cc1Br. The fourth-order valence-electron chi connectivity index (χ4n) is 2.25. The molecular formula is C14H16BrClFN3. The Morgan fingerprint density at radius 3 is 2.70 bits per heavy atom. The molecule has 6 heteroatoms. The van der Waals surface area contributed by atoms with Crippen LogP contribution in [0.3, 0.4) is 0 Å². The maximum absolute atomic E-state index is 13.2. The van der Waals surface area contributed by atoms with Crippen LogP contribution in [0.25, 0.3) is 0 Å². The van der Waals surface area contributed by atoms with Gasteiger partial charge < -0.3 is 5.32 Å². The summed E-state index contributed by atoms with van der Waals surface area (Å²) in [4.78, 5) is 0. The standard InChI is InChI=1S/C14H16BrClFN3/c1-8-14(16)13(20(3)19-8)7-12(18-2)10-5-4-9(17)6-11(10)15/h4-6,12,18H,7H2,1-3H3. The average molecular weight is 361 g/mol. The first-order valence-electron chi connectivity index (χ1n) is 6.24. The molecule has 2 rings (SSSR count). The molecular weight excluding hydrogens is 345 g/mol. The first-order valence-corrected chi connectivity index (χ1v) is 7.41. The fraction of sp³-hybridized carbons (Fsp3) is 0.357. The zero-order chi connectivity index (χ0) is 14.9. The molecule has 0 saturated carbocycles. The van der Waals surface area contributed by atoms with E-state index < -0.39 is 0 Å². The minimum absolute atomic E-state index is 0.0253. The van der Waals surface area contributed by atoms with Gasteiger partial charge in [0, 0.05) is 24.0 Å². The van der Waals surface area contributed by atoms with E-state index in [4.69, 9.17) is 11.6 Å². The van der Waals surface area contributed by atoms with Crippen molar-refractivity contribution in [3.05, 3.63) is 50.5 Å². The van der Waals surface area contributed by atoms with Crippen molar-refractivity contribution >= 4 is 27.5 Å². The Labute approximate surface area is 131 Å². The molecule has 3 nitrogen and oxygen atoms in total. The van der Waals surface area contributed by atoms with Crippen molar-refractivity contribution < 1.29 is 4.39 Å². The Morgan fingerprint density at radius 2 is 2.20 bits per heavy atom. The molecule has 1 unspecified atom stereocenters. The molecule has 1 heterocycles. The third kappa shape index (κ3) is 3.05. The molecule has 20 heavy (non-hydrogen) atoms. The second kappa shape index (κ2) is 6.24. The van der Waals surface area contributed by atoms with E-state index in [-0.39, 0.29) is 11.9 Å². The first kappa shape index (κ1) is 15.5. The van der Waals surface area contributed by atoms with Gasteiger partial charge in [-0.1, -0.05) is 33.6 Å². The molecule has 0 saturated heterocycles. The average Bonchev–Trinajstić information content (AvgIpc) is 2.62. The van der Waals surface area contributed by atoms with Gasteiger partial charge >= 0.3 is 0 Å². The number of benzene rings is 1. The highest BCUT2D eigenvalue weighted by Gasteiger charge is 2.19. The quantitative estimate of drug-likeness (QED) is 0.899. The molecule has 0 amide bonds. The first-order chi connectivity index (χ1) is 9.43. The number of hydrogen-bond acceptors (Lipinski definition) is 2. The minimum atomic E-state index is -0.259. The van der Waals surface area contributed by atoms with Gasteiger partial charge in [-0.3, -0.25) is 4.68 Å². The maximum Gasteiger partial charge on any atom is 0.124 e. The Bertz CT molecular complexity index is 627. The van der Waals surface area contributed by atoms with Crippen LogP contribution in [0.2, 0.25) is 5.02 Å². The summed E-state index contributed by atoms with van der Waals surface area (Å²) in [6.45, 7) is 1.88. The van der Waals surface area contributed by atoms with E-state index in [1.807, 2.05) is 21.0 Å². The third-order valence-corrected chi connectivity index (χ3v) is 4.52. The highest BCUT2D eigenvalue weighted by molar-refractivity contribution is 9.10. The van der Waals surface area contributed by atoms with Crippen LogP contribution in [0.1, 0.15) is 23.0 Å². The number of hydrogen-bond donors (Lipinski definition) is 1. The van der Waals surface area contributed by atoms with Crippen molar-refractivity contribution in [2.24, 2.45) is 7.05 Å². The Hall–Kier alpha value is -0.910. The number of aromatic nitrogens is 2. The Morgan fingerprint density at radius 1 is 1.50 bits per heavy atom. The predicted molar refractivity (Wildman–Crippen MR) is 82.6 cm³/mol. The number of likely N-dealkylation sites (N-methyl/N-ethyl adjacent to an activating group) is 1. The molecule has 1 atom stereocenters. The lowest BCUT2D eigenvalue weighted by atomic mass is 10.0. The molecule has 0 spiro atoms. The molecule has 0 radical (unpaired) electrons. The van der Waals surface area contributed by atoms with Crippen molar-refractivity contribution in [1.29, 1.82) is 0 Å². The largest absolute Gasteiger partial charge is 0.313 e. The van der Waals surface area contributed by atoms with Crippen LogP contribution >= 0.6 is 27.5 Å². The monoisotopic (exact) mass is 359 g/mol. The molecule has 108 valence electrons. The lowest BCUT2D eigenvalue weighted by Crippen LogP contribution is -2.20. The summed E-state index contributed by atoms with van der Waals surface area (Å²) in [6.07, 6.45) is 0.677. The maximum atomic E-state index is 13.2. The van der Waals surface area contributed by atoms with Crippen LogP contribution in [0, 0.1) is 12.7 Å². The van der Waals surface area contributed by atoms with E-state index >= 15 is 0 Å². The summed E-state index contributed by atoms with van der Waals surface area (Å²) in [5.74, 6) is -0.259. The van der Waals surface area contributed by atoms with Crippen LogP contribution in [-0.2, 0) is 13.5 Å². The van der Waals surface area contributed by atoms with Gasteiger partial charge in [-0.2, -0.15) is 5.10 Å². The summed E-state index contributed by atoms with van der Waals surface area (Å²) < 4.78 is 15.7. The van der Waals surface area contributed by atoms with E-state index in [1.165, 1.54) is 12.1 Å². The van der Waals surface area contributed by atoms with Crippen LogP contribution in [-0.4, -0.2) is 16.8 Å². The van der Waals surface area contributed by atoms with Gasteiger partial charge in [-0.05, 0) is 31.7 Å². The van der Waals surface area contributed by atoms with Crippen molar-refractivity contribution in [2.75, 3.05) is 7.05 Å². The number of halogens is 3. The lowest BCUT2D eigenvalue weighted by molar-refractivity contribution is 0.556. The highest BCUT2D eigenvalue weighted by Crippen LogP contribution is 2.29. The zero-order valence-corrected chi connectivity index (χ0v) is 13.9. The Balaban J connectivity index is 2.33. The second-order valence-electron chi connectivity index (χ2n) is 4.68. The minimum Gasteiger partial charge on any atom is -0.313 e. The summed E-state index contributed by atoms with van der Waals surface area (Å²) in [6, 6.07) is 4.73. The summed E-state index contributed by atoms with van der Waals surface area (Å²) in [5.41, 5.74) is 2.76. The summed E-state index contributed by atoms with van der Waals surface area (Å²) in [5, 5.41) is 8.24. The topological polar surface area (TPSA) is 29.9 Å². The molecule has 0 bridgehead atoms. The van der Waals surface area contributed by atoms with Crippen molar-refractivity contribution in [3.63, 3.8) is 0 Å². The van der Waals surface area contributed by atoms with E-state index in [2.05, 4.69) is 26.3 Å². The molecule has 0 fully saturated rings. The number of rotatable bonds is 4. The normalized spacial score (nSPS) is 12.7. The van der Waals surface area contributed by atoms with Gasteiger partial charge in [-0.25, -0.2) is 4.39 Å². The molecule has 1 aromatic heterocycles. The lowest BCUT2D eigenvalue weighted by Gasteiger charge is -2.18. The van der Waals surface area contributed by atoms with Crippen LogP contribution in [0.5, 0.6) is 0 Å². The van der Waals surface area contributed by atoms with Crippen LogP contribution in [0.15, 0.2) is 22.7 Å². The molecule has 2 aromatic rings. The summed E-state index contributed by atoms with van der Waals surface area (Å²) in [7, 11) is 3.75. The fourth-order valence-corrected chi connectivity index (χ4v) is 3.11. The van der Waals surface area contributed by atoms with Crippen LogP contribution < -0.4 is 5.32 Å². The number of aryl methyl sites for hydroxylation is 2. The van der Waals surface area contributed by atoms with Gasteiger partial charge in [0.2, 0.25) is 0 Å². The number of nitrogens with zero attached hydrogens (tertiary/aromatic N) is 2. The van der Waals surface area contributed by atoms with Gasteiger partial charge in [0.05, 0.1) is 16.4 Å². The number of nitrogens with one attached hydrogen (secondary N) is 1. The van der Waals surface area contributed by atoms with Gasteiger partial charge in [-0.15, -0.1) is 0 Å². The van der Waals surface area contributed by atoms with E-state index in [9.17, 15) is 4.39 Å². The van der Waals surface area contributed by atoms with E-state index in [0.717, 1.165) is 21.4 Å². The third-order valence-electron chi connectivity index (χ3n) is 3.35. The second-order valence-corrected chi connectivity index (χ2v) is 5.91. The van der Waals surface area contributed by atoms with Crippen LogP contribution in [0.4, 0.5) is 4.39 Å². The van der Waals surface area contributed by atoms with E-state index in [0.29, 0.717) is 11.4 Å². The zero-order valence-electron chi connectivity index (χ0n) is 11.5. The van der Waals surface area contributed by atoms with Crippen molar-refractivity contribution in [1.82, 2.24) is 15.1 Å². The Kier molecular flexibility index (Phi) is 4.83. The molecule has 0 aliphatic heterocycles. The van der Waals surface area contributed by atoms with E-state index in [1.54, 1.807) is 10.7 Å². The molecule has 0 aliphatic carbocycles. The van der Waals surface area contributed by atoms with Crippen molar-refractivity contribution in [2.45, 2.75) is 19.4 Å². The molecule has 1 N–H and O–H groups in total. The van der Waals surface area contributed by atoms with Gasteiger partial charge in [0.15, 0.2) is 0 Å². The summed E-state index contributed by atoms with van der Waals surface area (Å²) >= 11 is 9.69.